The minimum atomic E-state index is -3.12. The monoisotopic (exact) mass is 416 g/mol. The van der Waals surface area contributed by atoms with E-state index in [0.717, 1.165) is 40.0 Å². The van der Waals surface area contributed by atoms with Crippen LogP contribution in [0.5, 0.6) is 0 Å². The average molecular weight is 417 g/mol. The van der Waals surface area contributed by atoms with Gasteiger partial charge in [0.1, 0.15) is 17.0 Å². The summed E-state index contributed by atoms with van der Waals surface area (Å²) >= 11 is 1.62. The number of nitrogens with zero attached hydrogens (tertiary/aromatic N) is 3. The van der Waals surface area contributed by atoms with E-state index < -0.39 is 10.0 Å². The van der Waals surface area contributed by atoms with E-state index in [1.165, 1.54) is 0 Å². The summed E-state index contributed by atoms with van der Waals surface area (Å²) in [4.78, 5) is 9.89. The highest BCUT2D eigenvalue weighted by atomic mass is 32.2. The Labute approximate surface area is 169 Å². The lowest BCUT2D eigenvalue weighted by Gasteiger charge is -2.32. The second kappa shape index (κ2) is 8.14. The molecule has 0 spiro atoms. The van der Waals surface area contributed by atoms with Gasteiger partial charge in [0.2, 0.25) is 10.0 Å². The second-order valence-corrected chi connectivity index (χ2v) is 10.00. The molecule has 3 heterocycles. The van der Waals surface area contributed by atoms with E-state index >= 15 is 0 Å². The van der Waals surface area contributed by atoms with E-state index in [9.17, 15) is 8.42 Å². The van der Waals surface area contributed by atoms with Crippen LogP contribution in [0.3, 0.4) is 0 Å². The number of sulfonamides is 1. The van der Waals surface area contributed by atoms with Crippen molar-refractivity contribution in [1.82, 2.24) is 14.3 Å². The molecule has 28 heavy (non-hydrogen) atoms. The Kier molecular flexibility index (Phi) is 5.61. The predicted molar refractivity (Wildman–Crippen MR) is 115 cm³/mol. The Bertz CT molecular complexity index is 1040. The Morgan fingerprint density at radius 3 is 2.64 bits per heavy atom. The van der Waals surface area contributed by atoms with Gasteiger partial charge in [-0.25, -0.2) is 22.7 Å². The summed E-state index contributed by atoms with van der Waals surface area (Å²) in [5.41, 5.74) is 2.28. The molecule has 148 valence electrons. The normalized spacial score (nSPS) is 16.5. The number of hydrogen-bond acceptors (Lipinski definition) is 6. The van der Waals surface area contributed by atoms with Crippen molar-refractivity contribution in [2.75, 3.05) is 24.2 Å². The number of thiophene rings is 1. The Morgan fingerprint density at radius 1 is 1.18 bits per heavy atom. The standard InChI is InChI=1S/C20H24N4O2S2/c1-2-12-28(25,26)24-10-8-16(9-11-24)23-19-18-17(15-6-4-3-5-7-15)13-27-20(18)22-14-21-19/h3-7,13-14,16H,2,8-12H2,1H3,(H,21,22,23). The zero-order valence-corrected chi connectivity index (χ0v) is 17.5. The summed E-state index contributed by atoms with van der Waals surface area (Å²) in [6.45, 7) is 3.02. The molecule has 0 amide bonds. The molecule has 1 aliphatic heterocycles. The van der Waals surface area contributed by atoms with Gasteiger partial charge < -0.3 is 5.32 Å². The van der Waals surface area contributed by atoms with E-state index in [4.69, 9.17) is 0 Å². The van der Waals surface area contributed by atoms with Gasteiger partial charge in [0.25, 0.3) is 0 Å². The Hall–Kier alpha value is -2.03. The highest BCUT2D eigenvalue weighted by Crippen LogP contribution is 2.37. The zero-order valence-electron chi connectivity index (χ0n) is 15.8. The molecule has 1 aromatic carbocycles. The first-order chi connectivity index (χ1) is 13.6. The molecule has 0 aliphatic carbocycles. The van der Waals surface area contributed by atoms with E-state index in [1.807, 2.05) is 25.1 Å². The number of aromatic nitrogens is 2. The maximum absolute atomic E-state index is 12.3. The number of piperidine rings is 1. The maximum atomic E-state index is 12.3. The van der Waals surface area contributed by atoms with Gasteiger partial charge in [-0.1, -0.05) is 37.3 Å². The van der Waals surface area contributed by atoms with Gasteiger partial charge in [0.05, 0.1) is 11.1 Å². The molecule has 2 aromatic heterocycles. The fraction of sp³-hybridized carbons (Fsp3) is 0.400. The first kappa shape index (κ1) is 19.3. The fourth-order valence-corrected chi connectivity index (χ4v) is 6.13. The number of fused-ring (bicyclic) bond motifs is 1. The van der Waals surface area contributed by atoms with Crippen molar-refractivity contribution in [3.05, 3.63) is 42.0 Å². The Morgan fingerprint density at radius 2 is 1.93 bits per heavy atom. The van der Waals surface area contributed by atoms with Gasteiger partial charge in [-0.2, -0.15) is 0 Å². The Balaban J connectivity index is 1.54. The van der Waals surface area contributed by atoms with E-state index in [2.05, 4.69) is 32.8 Å². The van der Waals surface area contributed by atoms with Crippen molar-refractivity contribution in [1.29, 1.82) is 0 Å². The number of hydrogen-bond donors (Lipinski definition) is 1. The van der Waals surface area contributed by atoms with Crippen molar-refractivity contribution < 1.29 is 8.42 Å². The van der Waals surface area contributed by atoms with Crippen LogP contribution in [0, 0.1) is 0 Å². The molecule has 1 saturated heterocycles. The molecule has 1 N–H and O–H groups in total. The summed E-state index contributed by atoms with van der Waals surface area (Å²) in [6, 6.07) is 10.5. The van der Waals surface area contributed by atoms with Crippen LogP contribution in [0.2, 0.25) is 0 Å². The van der Waals surface area contributed by atoms with E-state index in [1.54, 1.807) is 22.0 Å². The molecular formula is C20H24N4O2S2. The van der Waals surface area contributed by atoms with Crippen molar-refractivity contribution in [2.45, 2.75) is 32.2 Å². The molecular weight excluding hydrogens is 392 g/mol. The number of benzene rings is 1. The smallest absolute Gasteiger partial charge is 0.214 e. The summed E-state index contributed by atoms with van der Waals surface area (Å²) in [6.07, 6.45) is 3.80. The van der Waals surface area contributed by atoms with Crippen molar-refractivity contribution in [2.24, 2.45) is 0 Å². The largest absolute Gasteiger partial charge is 0.367 e. The van der Waals surface area contributed by atoms with Gasteiger partial charge in [0.15, 0.2) is 0 Å². The van der Waals surface area contributed by atoms with Crippen LogP contribution < -0.4 is 5.32 Å². The summed E-state index contributed by atoms with van der Waals surface area (Å²) in [5, 5.41) is 6.72. The minimum Gasteiger partial charge on any atom is -0.367 e. The fourth-order valence-electron chi connectivity index (χ4n) is 3.67. The third-order valence-electron chi connectivity index (χ3n) is 5.11. The molecule has 4 rings (SSSR count). The van der Waals surface area contributed by atoms with Crippen LogP contribution in [0.4, 0.5) is 5.82 Å². The maximum Gasteiger partial charge on any atom is 0.214 e. The quantitative estimate of drug-likeness (QED) is 0.658. The van der Waals surface area contributed by atoms with Gasteiger partial charge in [-0.05, 0) is 24.8 Å². The van der Waals surface area contributed by atoms with Crippen LogP contribution in [0.1, 0.15) is 26.2 Å². The molecule has 1 fully saturated rings. The SMILES string of the molecule is CCCS(=O)(=O)N1CCC(Nc2ncnc3scc(-c4ccccc4)c23)CC1. The third-order valence-corrected chi connectivity index (χ3v) is 8.07. The first-order valence-electron chi connectivity index (χ1n) is 9.60. The number of rotatable bonds is 6. The minimum absolute atomic E-state index is 0.203. The topological polar surface area (TPSA) is 75.2 Å². The molecule has 0 unspecified atom stereocenters. The predicted octanol–water partition coefficient (Wildman–Crippen LogP) is 3.97. The van der Waals surface area contributed by atoms with Crippen LogP contribution in [-0.4, -0.2) is 47.6 Å². The van der Waals surface area contributed by atoms with Crippen LogP contribution >= 0.6 is 11.3 Å². The van der Waals surface area contributed by atoms with Crippen LogP contribution in [0.25, 0.3) is 21.3 Å². The lowest BCUT2D eigenvalue weighted by atomic mass is 10.0. The second-order valence-electron chi connectivity index (χ2n) is 7.05. The van der Waals surface area contributed by atoms with Crippen molar-refractivity contribution in [3.63, 3.8) is 0 Å². The molecule has 8 heteroatoms. The van der Waals surface area contributed by atoms with Crippen LogP contribution in [0.15, 0.2) is 42.0 Å². The van der Waals surface area contributed by atoms with Gasteiger partial charge >= 0.3 is 0 Å². The lowest BCUT2D eigenvalue weighted by Crippen LogP contribution is -2.43. The highest BCUT2D eigenvalue weighted by molar-refractivity contribution is 7.89. The molecule has 6 nitrogen and oxygen atoms in total. The van der Waals surface area contributed by atoms with Gasteiger partial charge in [-0.15, -0.1) is 11.3 Å². The average Bonchev–Trinajstić information content (AvgIpc) is 3.14. The van der Waals surface area contributed by atoms with Crippen molar-refractivity contribution >= 4 is 37.4 Å². The van der Waals surface area contributed by atoms with Gasteiger partial charge in [0, 0.05) is 30.1 Å². The number of nitrogens with one attached hydrogen (secondary N) is 1. The summed E-state index contributed by atoms with van der Waals surface area (Å²) in [5.74, 6) is 1.06. The van der Waals surface area contributed by atoms with Crippen molar-refractivity contribution in [3.8, 4) is 11.1 Å². The summed E-state index contributed by atoms with van der Waals surface area (Å²) < 4.78 is 26.2. The highest BCUT2D eigenvalue weighted by Gasteiger charge is 2.28. The molecule has 0 bridgehead atoms. The molecule has 0 radical (unpaired) electrons. The molecule has 1 aliphatic rings. The first-order valence-corrected chi connectivity index (χ1v) is 12.1. The van der Waals surface area contributed by atoms with Gasteiger partial charge in [-0.3, -0.25) is 0 Å². The van der Waals surface area contributed by atoms with E-state index in [0.29, 0.717) is 19.5 Å². The summed E-state index contributed by atoms with van der Waals surface area (Å²) in [7, 11) is -3.12. The van der Waals surface area contributed by atoms with Crippen LogP contribution in [-0.2, 0) is 10.0 Å². The molecule has 3 aromatic rings. The number of anilines is 1. The lowest BCUT2D eigenvalue weighted by molar-refractivity contribution is 0.329. The third kappa shape index (κ3) is 3.90. The van der Waals surface area contributed by atoms with E-state index in [-0.39, 0.29) is 11.8 Å². The molecule has 0 saturated carbocycles. The zero-order chi connectivity index (χ0) is 19.6. The molecule has 0 atom stereocenters.